The Labute approximate surface area is 177 Å². The smallest absolute Gasteiger partial charge is 0.331 e. The Morgan fingerprint density at radius 3 is 2.30 bits per heavy atom. The van der Waals surface area contributed by atoms with E-state index in [1.807, 2.05) is 67.6 Å². The maximum absolute atomic E-state index is 13.4. The van der Waals surface area contributed by atoms with Crippen molar-refractivity contribution in [2.24, 2.45) is 0 Å². The van der Waals surface area contributed by atoms with Gasteiger partial charge < -0.3 is 14.2 Å². The van der Waals surface area contributed by atoms with Gasteiger partial charge in [-0.05, 0) is 31.9 Å². The van der Waals surface area contributed by atoms with Crippen molar-refractivity contribution < 1.29 is 23.8 Å². The number of hydrogen-bond acceptors (Lipinski definition) is 5. The molecule has 6 heteroatoms. The third-order valence-corrected chi connectivity index (χ3v) is 4.99. The van der Waals surface area contributed by atoms with Crippen LogP contribution in [0.25, 0.3) is 5.57 Å². The zero-order valence-electron chi connectivity index (χ0n) is 17.6. The van der Waals surface area contributed by atoms with E-state index in [2.05, 4.69) is 0 Å². The second kappa shape index (κ2) is 9.59. The molecular formula is C24H27NO5. The van der Waals surface area contributed by atoms with Crippen LogP contribution in [0.2, 0.25) is 0 Å². The molecule has 158 valence electrons. The minimum atomic E-state index is -1.21. The lowest BCUT2D eigenvalue weighted by Gasteiger charge is -2.39. The molecule has 0 atom stereocenters. The summed E-state index contributed by atoms with van der Waals surface area (Å²) < 4.78 is 16.9. The molecule has 1 heterocycles. The first-order valence-electron chi connectivity index (χ1n) is 9.97. The van der Waals surface area contributed by atoms with Gasteiger partial charge >= 0.3 is 5.97 Å². The maximum Gasteiger partial charge on any atom is 0.331 e. The number of hydrogen-bond donors (Lipinski definition) is 0. The van der Waals surface area contributed by atoms with Crippen LogP contribution in [-0.2, 0) is 30.4 Å². The number of benzene rings is 2. The van der Waals surface area contributed by atoms with E-state index in [0.29, 0.717) is 17.9 Å². The zero-order valence-corrected chi connectivity index (χ0v) is 17.6. The summed E-state index contributed by atoms with van der Waals surface area (Å²) in [6.07, 6.45) is 0. The molecule has 0 spiro atoms. The average molecular weight is 409 g/mol. The number of carbonyl (C=O) groups excluding carboxylic acids is 2. The van der Waals surface area contributed by atoms with Crippen molar-refractivity contribution in [3.63, 3.8) is 0 Å². The number of carbonyl (C=O) groups is 2. The molecule has 2 aromatic carbocycles. The summed E-state index contributed by atoms with van der Waals surface area (Å²) in [6.45, 7) is 6.00. The highest BCUT2D eigenvalue weighted by Gasteiger charge is 2.44. The number of amides is 1. The topological polar surface area (TPSA) is 65.1 Å². The molecule has 1 amide bonds. The average Bonchev–Trinajstić information content (AvgIpc) is 2.77. The summed E-state index contributed by atoms with van der Waals surface area (Å²) in [5.74, 6) is -0.314. The monoisotopic (exact) mass is 409 g/mol. The van der Waals surface area contributed by atoms with Crippen LogP contribution in [0.1, 0.15) is 31.9 Å². The van der Waals surface area contributed by atoms with Crippen molar-refractivity contribution >= 4 is 17.4 Å². The Balaban J connectivity index is 1.82. The lowest BCUT2D eigenvalue weighted by molar-refractivity contribution is -0.167. The predicted octanol–water partition coefficient (Wildman–Crippen LogP) is 3.77. The summed E-state index contributed by atoms with van der Waals surface area (Å²) in [5, 5.41) is 0. The molecule has 0 unspecified atom stereocenters. The van der Waals surface area contributed by atoms with E-state index < -0.39 is 11.5 Å². The van der Waals surface area contributed by atoms with Crippen molar-refractivity contribution in [2.75, 3.05) is 19.9 Å². The molecule has 3 rings (SSSR count). The number of ether oxygens (including phenoxy) is 3. The highest BCUT2D eigenvalue weighted by Crippen LogP contribution is 2.31. The van der Waals surface area contributed by atoms with E-state index in [4.69, 9.17) is 14.2 Å². The van der Waals surface area contributed by atoms with E-state index in [9.17, 15) is 9.59 Å². The summed E-state index contributed by atoms with van der Waals surface area (Å²) in [6, 6.07) is 18.7. The van der Waals surface area contributed by atoms with Crippen LogP contribution in [0.3, 0.4) is 0 Å². The Morgan fingerprint density at radius 2 is 1.67 bits per heavy atom. The van der Waals surface area contributed by atoms with Crippen LogP contribution < -0.4 is 0 Å². The van der Waals surface area contributed by atoms with Gasteiger partial charge in [0.1, 0.15) is 24.5 Å². The lowest BCUT2D eigenvalue weighted by atomic mass is 9.97. The van der Waals surface area contributed by atoms with Crippen molar-refractivity contribution in [2.45, 2.75) is 32.9 Å². The molecule has 2 aromatic rings. The fourth-order valence-electron chi connectivity index (χ4n) is 3.15. The predicted molar refractivity (Wildman–Crippen MR) is 113 cm³/mol. The Bertz CT molecular complexity index is 906. The van der Waals surface area contributed by atoms with Crippen molar-refractivity contribution in [1.82, 2.24) is 4.90 Å². The zero-order chi connectivity index (χ0) is 21.6. The van der Waals surface area contributed by atoms with Gasteiger partial charge in [0.25, 0.3) is 5.91 Å². The summed E-state index contributed by atoms with van der Waals surface area (Å²) in [4.78, 5) is 27.7. The van der Waals surface area contributed by atoms with E-state index in [1.165, 1.54) is 4.90 Å². The van der Waals surface area contributed by atoms with Gasteiger partial charge in [-0.1, -0.05) is 60.7 Å². The third kappa shape index (κ3) is 4.71. The highest BCUT2D eigenvalue weighted by atomic mass is 16.5. The Morgan fingerprint density at radius 1 is 1.03 bits per heavy atom. The molecule has 0 fully saturated rings. The van der Waals surface area contributed by atoms with Gasteiger partial charge in [-0.3, -0.25) is 9.69 Å². The molecule has 0 aromatic heterocycles. The number of esters is 1. The molecule has 0 saturated carbocycles. The fourth-order valence-corrected chi connectivity index (χ4v) is 3.15. The SMILES string of the molecule is CCOCC1=C(c2ccccc2)C(=O)N(C(C)(C)C(=O)OCc2ccccc2)CO1. The molecule has 0 saturated heterocycles. The number of nitrogens with zero attached hydrogens (tertiary/aromatic N) is 1. The van der Waals surface area contributed by atoms with Crippen molar-refractivity contribution in [3.8, 4) is 0 Å². The first kappa shape index (κ1) is 21.6. The summed E-state index contributed by atoms with van der Waals surface area (Å²) in [7, 11) is 0. The van der Waals surface area contributed by atoms with E-state index >= 15 is 0 Å². The second-order valence-electron chi connectivity index (χ2n) is 7.43. The van der Waals surface area contributed by atoms with Gasteiger partial charge in [0.05, 0.1) is 5.57 Å². The minimum absolute atomic E-state index is 0.0506. The highest BCUT2D eigenvalue weighted by molar-refractivity contribution is 6.21. The fraction of sp³-hybridized carbons (Fsp3) is 0.333. The molecule has 1 aliphatic rings. The third-order valence-electron chi connectivity index (χ3n) is 4.99. The van der Waals surface area contributed by atoms with Crippen molar-refractivity contribution in [3.05, 3.63) is 77.5 Å². The normalized spacial score (nSPS) is 14.5. The first-order chi connectivity index (χ1) is 14.4. The summed E-state index contributed by atoms with van der Waals surface area (Å²) >= 11 is 0. The molecule has 30 heavy (non-hydrogen) atoms. The minimum Gasteiger partial charge on any atom is -0.474 e. The number of rotatable bonds is 8. The van der Waals surface area contributed by atoms with Crippen LogP contribution >= 0.6 is 0 Å². The molecule has 0 aliphatic carbocycles. The van der Waals surface area contributed by atoms with E-state index in [1.54, 1.807) is 13.8 Å². The standard InChI is InChI=1S/C24H27NO5/c1-4-28-16-20-21(19-13-9-6-10-14-19)22(26)25(17-30-20)24(2,3)23(27)29-15-18-11-7-5-8-12-18/h5-14H,4,15-17H2,1-3H3. The maximum atomic E-state index is 13.4. The van der Waals surface area contributed by atoms with Crippen LogP contribution in [0.15, 0.2) is 66.4 Å². The van der Waals surface area contributed by atoms with E-state index in [-0.39, 0.29) is 25.9 Å². The molecule has 0 N–H and O–H groups in total. The molecule has 1 aliphatic heterocycles. The largest absolute Gasteiger partial charge is 0.474 e. The van der Waals surface area contributed by atoms with Gasteiger partial charge in [0, 0.05) is 6.61 Å². The lowest BCUT2D eigenvalue weighted by Crippen LogP contribution is -2.56. The van der Waals surface area contributed by atoms with Crippen LogP contribution in [-0.4, -0.2) is 42.3 Å². The van der Waals surface area contributed by atoms with Gasteiger partial charge in [0.15, 0.2) is 6.73 Å². The van der Waals surface area contributed by atoms with Crippen molar-refractivity contribution in [1.29, 1.82) is 0 Å². The molecular weight excluding hydrogens is 382 g/mol. The molecule has 6 nitrogen and oxygen atoms in total. The molecule has 0 bridgehead atoms. The van der Waals surface area contributed by atoms with E-state index in [0.717, 1.165) is 11.1 Å². The second-order valence-corrected chi connectivity index (χ2v) is 7.43. The van der Waals surface area contributed by atoms with Gasteiger partial charge in [-0.2, -0.15) is 0 Å². The van der Waals surface area contributed by atoms with Gasteiger partial charge in [-0.25, -0.2) is 4.79 Å². The van der Waals surface area contributed by atoms with Crippen LogP contribution in [0.5, 0.6) is 0 Å². The Kier molecular flexibility index (Phi) is 6.90. The van der Waals surface area contributed by atoms with Gasteiger partial charge in [0.2, 0.25) is 0 Å². The Hall–Kier alpha value is -3.12. The van der Waals surface area contributed by atoms with Crippen LogP contribution in [0.4, 0.5) is 0 Å². The summed E-state index contributed by atoms with van der Waals surface area (Å²) in [5.41, 5.74) is 0.796. The van der Waals surface area contributed by atoms with Gasteiger partial charge in [-0.15, -0.1) is 0 Å². The first-order valence-corrected chi connectivity index (χ1v) is 9.97. The van der Waals surface area contributed by atoms with Crippen LogP contribution in [0, 0.1) is 0 Å². The molecule has 0 radical (unpaired) electrons. The quantitative estimate of drug-likeness (QED) is 0.621.